The predicted molar refractivity (Wildman–Crippen MR) is 108 cm³/mol. The van der Waals surface area contributed by atoms with E-state index in [0.29, 0.717) is 6.42 Å². The van der Waals surface area contributed by atoms with Crippen LogP contribution in [0.3, 0.4) is 0 Å². The van der Waals surface area contributed by atoms with Crippen LogP contribution in [0.15, 0.2) is 0 Å². The summed E-state index contributed by atoms with van der Waals surface area (Å²) in [5, 5.41) is 27.4. The van der Waals surface area contributed by atoms with Gasteiger partial charge < -0.3 is 30.0 Å². The first kappa shape index (κ1) is 29.2. The average Bonchev–Trinajstić information content (AvgIpc) is 2.59. The Morgan fingerprint density at radius 2 is 0.926 bits per heavy atom. The molecule has 0 radical (unpaired) electrons. The molecule has 0 saturated carbocycles. The number of hydrogen-bond acceptors (Lipinski definition) is 4. The van der Waals surface area contributed by atoms with Gasteiger partial charge in [-0.25, -0.2) is 4.57 Å². The molecule has 0 aromatic heterocycles. The Morgan fingerprint density at radius 3 is 1.22 bits per heavy atom. The number of rotatable bonds is 17. The van der Waals surface area contributed by atoms with Gasteiger partial charge in [0.1, 0.15) is 6.10 Å². The van der Waals surface area contributed by atoms with Crippen molar-refractivity contribution in [2.45, 2.75) is 115 Å². The lowest BCUT2D eigenvalue weighted by Gasteiger charge is -2.14. The van der Waals surface area contributed by atoms with E-state index in [4.69, 9.17) is 24.4 Å². The number of aliphatic hydroxyl groups excluding tert-OH is 3. The van der Waals surface area contributed by atoms with E-state index in [9.17, 15) is 10.2 Å². The SMILES string of the molecule is CCCCCCCCCCCCCCCCC(O)C(O)CO.O=P(O)(O)O. The van der Waals surface area contributed by atoms with Crippen molar-refractivity contribution in [2.75, 3.05) is 6.61 Å². The molecule has 7 nitrogen and oxygen atoms in total. The first-order chi connectivity index (χ1) is 12.7. The van der Waals surface area contributed by atoms with Crippen molar-refractivity contribution >= 4 is 7.82 Å². The Bertz CT molecular complexity index is 328. The summed E-state index contributed by atoms with van der Waals surface area (Å²) >= 11 is 0. The highest BCUT2D eigenvalue weighted by atomic mass is 31.2. The molecule has 0 aromatic rings. The van der Waals surface area contributed by atoms with E-state index in [-0.39, 0.29) is 6.61 Å². The van der Waals surface area contributed by atoms with Gasteiger partial charge in [0.2, 0.25) is 0 Å². The fourth-order valence-corrected chi connectivity index (χ4v) is 2.86. The average molecular weight is 415 g/mol. The fraction of sp³-hybridized carbons (Fsp3) is 1.00. The highest BCUT2D eigenvalue weighted by molar-refractivity contribution is 7.45. The molecule has 0 saturated heterocycles. The largest absolute Gasteiger partial charge is 0.466 e. The zero-order chi connectivity index (χ0) is 21.0. The van der Waals surface area contributed by atoms with Crippen molar-refractivity contribution in [1.82, 2.24) is 0 Å². The molecule has 0 aliphatic heterocycles. The summed E-state index contributed by atoms with van der Waals surface area (Å²) in [6.45, 7) is 1.92. The molecule has 0 aliphatic carbocycles. The Kier molecular flexibility index (Phi) is 22.4. The molecular weight excluding hydrogens is 371 g/mol. The Hall–Kier alpha value is -0.0100. The second-order valence-corrected chi connectivity index (χ2v) is 8.24. The summed E-state index contributed by atoms with van der Waals surface area (Å²) in [6, 6.07) is 0. The van der Waals surface area contributed by atoms with Crippen LogP contribution in [0.1, 0.15) is 103 Å². The molecule has 27 heavy (non-hydrogen) atoms. The Balaban J connectivity index is 0. The minimum atomic E-state index is -4.64. The smallest absolute Gasteiger partial charge is 0.394 e. The van der Waals surface area contributed by atoms with Gasteiger partial charge in [0.05, 0.1) is 12.7 Å². The van der Waals surface area contributed by atoms with Gasteiger partial charge in [0.15, 0.2) is 0 Å². The van der Waals surface area contributed by atoms with Gasteiger partial charge in [-0.3, -0.25) is 0 Å². The van der Waals surface area contributed by atoms with Crippen molar-refractivity contribution in [3.05, 3.63) is 0 Å². The molecular formula is C19H43O7P. The molecule has 2 unspecified atom stereocenters. The van der Waals surface area contributed by atoms with Crippen molar-refractivity contribution in [1.29, 1.82) is 0 Å². The third-order valence-corrected chi connectivity index (χ3v) is 4.48. The topological polar surface area (TPSA) is 138 Å². The first-order valence-electron chi connectivity index (χ1n) is 10.5. The van der Waals surface area contributed by atoms with Gasteiger partial charge >= 0.3 is 7.82 Å². The quantitative estimate of drug-likeness (QED) is 0.158. The molecule has 0 aliphatic rings. The van der Waals surface area contributed by atoms with E-state index in [1.54, 1.807) is 0 Å². The van der Waals surface area contributed by atoms with Crippen LogP contribution in [0.4, 0.5) is 0 Å². The lowest BCUT2D eigenvalue weighted by Crippen LogP contribution is -2.28. The minimum Gasteiger partial charge on any atom is -0.394 e. The van der Waals surface area contributed by atoms with Crippen LogP contribution in [-0.2, 0) is 4.57 Å². The van der Waals surface area contributed by atoms with Crippen molar-refractivity contribution < 1.29 is 34.6 Å². The van der Waals surface area contributed by atoms with Crippen LogP contribution in [0.25, 0.3) is 0 Å². The highest BCUT2D eigenvalue weighted by Crippen LogP contribution is 2.25. The molecule has 0 fully saturated rings. The second-order valence-electron chi connectivity index (χ2n) is 7.22. The van der Waals surface area contributed by atoms with E-state index >= 15 is 0 Å². The third kappa shape index (κ3) is 30.9. The first-order valence-corrected chi connectivity index (χ1v) is 12.0. The Morgan fingerprint density at radius 1 is 0.630 bits per heavy atom. The maximum Gasteiger partial charge on any atom is 0.466 e. The molecule has 0 aromatic carbocycles. The number of unbranched alkanes of at least 4 members (excludes halogenated alkanes) is 13. The maximum atomic E-state index is 9.50. The molecule has 0 spiro atoms. The summed E-state index contributed by atoms with van der Waals surface area (Å²) in [5.74, 6) is 0. The molecule has 0 rings (SSSR count). The Labute approximate surface area is 165 Å². The van der Waals surface area contributed by atoms with E-state index in [0.717, 1.165) is 12.8 Å². The normalized spacial score (nSPS) is 13.7. The van der Waals surface area contributed by atoms with Gasteiger partial charge in [-0.1, -0.05) is 96.8 Å². The van der Waals surface area contributed by atoms with Crippen molar-refractivity contribution in [3.8, 4) is 0 Å². The number of phosphoric acid groups is 1. The van der Waals surface area contributed by atoms with Crippen LogP contribution in [-0.4, -0.2) is 48.8 Å². The molecule has 2 atom stereocenters. The zero-order valence-corrected chi connectivity index (χ0v) is 17.9. The fourth-order valence-electron chi connectivity index (χ4n) is 2.86. The third-order valence-electron chi connectivity index (χ3n) is 4.48. The van der Waals surface area contributed by atoms with Crippen molar-refractivity contribution in [3.63, 3.8) is 0 Å². The predicted octanol–water partition coefficient (Wildman–Crippen LogP) is 3.64. The summed E-state index contributed by atoms with van der Waals surface area (Å²) in [5.41, 5.74) is 0. The zero-order valence-electron chi connectivity index (χ0n) is 17.0. The van der Waals surface area contributed by atoms with Crippen LogP contribution < -0.4 is 0 Å². The highest BCUT2D eigenvalue weighted by Gasteiger charge is 2.13. The summed E-state index contributed by atoms with van der Waals surface area (Å²) in [6.07, 6.45) is 17.3. The lowest BCUT2D eigenvalue weighted by molar-refractivity contribution is -0.0185. The van der Waals surface area contributed by atoms with Gasteiger partial charge in [-0.05, 0) is 6.42 Å². The number of aliphatic hydroxyl groups is 3. The van der Waals surface area contributed by atoms with E-state index in [1.807, 2.05) is 0 Å². The van der Waals surface area contributed by atoms with Crippen molar-refractivity contribution in [2.24, 2.45) is 0 Å². The van der Waals surface area contributed by atoms with E-state index in [1.165, 1.54) is 77.0 Å². The summed E-state index contributed by atoms with van der Waals surface area (Å²) in [4.78, 5) is 21.6. The van der Waals surface area contributed by atoms with Crippen LogP contribution in [0.2, 0.25) is 0 Å². The van der Waals surface area contributed by atoms with E-state index < -0.39 is 20.0 Å². The van der Waals surface area contributed by atoms with Gasteiger partial charge in [0, 0.05) is 0 Å². The van der Waals surface area contributed by atoms with E-state index in [2.05, 4.69) is 6.92 Å². The number of hydrogen-bond donors (Lipinski definition) is 6. The van der Waals surface area contributed by atoms with Crippen LogP contribution >= 0.6 is 7.82 Å². The molecule has 8 heteroatoms. The molecule has 6 N–H and O–H groups in total. The lowest BCUT2D eigenvalue weighted by atomic mass is 10.0. The summed E-state index contributed by atoms with van der Waals surface area (Å²) < 4.78 is 8.88. The van der Waals surface area contributed by atoms with Gasteiger partial charge in [-0.15, -0.1) is 0 Å². The van der Waals surface area contributed by atoms with Gasteiger partial charge in [0.25, 0.3) is 0 Å². The minimum absolute atomic E-state index is 0.347. The monoisotopic (exact) mass is 414 g/mol. The standard InChI is InChI=1S/C19H40O3.H3O4P/c1-2-3-4-5-6-7-8-9-10-11-12-13-14-15-16-18(21)19(22)17-20;1-5(2,3)4/h18-22H,2-17H2,1H3;(H3,1,2,3,4). The molecule has 0 bridgehead atoms. The van der Waals surface area contributed by atoms with Crippen LogP contribution in [0, 0.1) is 0 Å². The van der Waals surface area contributed by atoms with Crippen LogP contribution in [0.5, 0.6) is 0 Å². The molecule has 0 amide bonds. The molecule has 0 heterocycles. The summed E-state index contributed by atoms with van der Waals surface area (Å²) in [7, 11) is -4.64. The maximum absolute atomic E-state index is 9.50. The van der Waals surface area contributed by atoms with Gasteiger partial charge in [-0.2, -0.15) is 0 Å². The second kappa shape index (κ2) is 20.7. The molecule has 166 valence electrons.